The third-order valence-corrected chi connectivity index (χ3v) is 3.73. The van der Waals surface area contributed by atoms with E-state index in [1.165, 1.54) is 7.11 Å². The lowest BCUT2D eigenvalue weighted by atomic mass is 10.2. The molecule has 0 aliphatic carbocycles. The molecule has 6 nitrogen and oxygen atoms in total. The first kappa shape index (κ1) is 16.6. The van der Waals surface area contributed by atoms with Crippen LogP contribution in [0.2, 0.25) is 0 Å². The van der Waals surface area contributed by atoms with Crippen molar-refractivity contribution in [1.29, 1.82) is 0 Å². The van der Waals surface area contributed by atoms with Crippen LogP contribution in [0.3, 0.4) is 0 Å². The van der Waals surface area contributed by atoms with Crippen LogP contribution in [0.1, 0.15) is 5.56 Å². The maximum atomic E-state index is 12.1. The van der Waals surface area contributed by atoms with Crippen LogP contribution in [-0.4, -0.2) is 23.8 Å². The highest BCUT2D eigenvalue weighted by Crippen LogP contribution is 2.26. The third-order valence-electron chi connectivity index (χ3n) is 3.73. The van der Waals surface area contributed by atoms with Gasteiger partial charge < -0.3 is 19.4 Å². The van der Waals surface area contributed by atoms with E-state index in [2.05, 4.69) is 10.3 Å². The summed E-state index contributed by atoms with van der Waals surface area (Å²) in [7, 11) is 3.05. The van der Waals surface area contributed by atoms with Gasteiger partial charge >= 0.3 is 5.56 Å². The Morgan fingerprint density at radius 1 is 0.960 bits per heavy atom. The van der Waals surface area contributed by atoms with E-state index in [0.29, 0.717) is 18.2 Å². The minimum Gasteiger partial charge on any atom is -0.495 e. The number of nitrogens with one attached hydrogen (secondary N) is 1. The van der Waals surface area contributed by atoms with Crippen molar-refractivity contribution in [3.8, 4) is 11.5 Å². The summed E-state index contributed by atoms with van der Waals surface area (Å²) in [6, 6.07) is 17.4. The number of ether oxygens (including phenoxy) is 2. The number of hydrogen-bond acceptors (Lipinski definition) is 5. The van der Waals surface area contributed by atoms with Crippen molar-refractivity contribution in [3.63, 3.8) is 0 Å². The molecule has 25 heavy (non-hydrogen) atoms. The molecular formula is C19H19N3O3. The molecule has 3 rings (SSSR count). The number of benzene rings is 2. The molecule has 128 valence electrons. The molecule has 2 aromatic carbocycles. The Balaban J connectivity index is 2.02. The van der Waals surface area contributed by atoms with Gasteiger partial charge in [-0.2, -0.15) is 4.98 Å². The number of anilines is 2. The van der Waals surface area contributed by atoms with Crippen molar-refractivity contribution in [3.05, 3.63) is 76.7 Å². The van der Waals surface area contributed by atoms with Gasteiger partial charge in [-0.05, 0) is 17.7 Å². The first-order valence-electron chi connectivity index (χ1n) is 7.80. The highest BCUT2D eigenvalue weighted by molar-refractivity contribution is 5.62. The molecule has 1 aromatic heterocycles. The molecular weight excluding hydrogens is 318 g/mol. The fraction of sp³-hybridized carbons (Fsp3) is 0.158. The van der Waals surface area contributed by atoms with Gasteiger partial charge in [0, 0.05) is 0 Å². The molecule has 0 spiro atoms. The highest BCUT2D eigenvalue weighted by atomic mass is 16.5. The third kappa shape index (κ3) is 3.80. The predicted octanol–water partition coefficient (Wildman–Crippen LogP) is 3.05. The summed E-state index contributed by atoms with van der Waals surface area (Å²) in [5, 5.41) is 3.18. The normalized spacial score (nSPS) is 10.3. The lowest BCUT2D eigenvalue weighted by Crippen LogP contribution is -2.18. The molecule has 3 aromatic rings. The van der Waals surface area contributed by atoms with Gasteiger partial charge in [-0.25, -0.2) is 0 Å². The summed E-state index contributed by atoms with van der Waals surface area (Å²) >= 11 is 0. The minimum atomic E-state index is -0.427. The lowest BCUT2D eigenvalue weighted by Gasteiger charge is -2.16. The number of para-hydroxylation sites is 2. The van der Waals surface area contributed by atoms with Crippen molar-refractivity contribution in [1.82, 2.24) is 9.55 Å². The van der Waals surface area contributed by atoms with Gasteiger partial charge in [0.2, 0.25) is 11.7 Å². The summed E-state index contributed by atoms with van der Waals surface area (Å²) in [5.74, 6) is 1.28. The second-order valence-corrected chi connectivity index (χ2v) is 5.38. The van der Waals surface area contributed by atoms with Crippen molar-refractivity contribution in [2.24, 2.45) is 0 Å². The predicted molar refractivity (Wildman–Crippen MR) is 96.9 cm³/mol. The van der Waals surface area contributed by atoms with E-state index < -0.39 is 5.56 Å². The Labute approximate surface area is 145 Å². The Hall–Kier alpha value is -3.28. The van der Waals surface area contributed by atoms with E-state index in [0.717, 1.165) is 11.3 Å². The zero-order chi connectivity index (χ0) is 17.6. The topological polar surface area (TPSA) is 65.4 Å². The van der Waals surface area contributed by atoms with Crippen molar-refractivity contribution in [2.45, 2.75) is 6.54 Å². The van der Waals surface area contributed by atoms with Crippen LogP contribution in [-0.2, 0) is 6.54 Å². The molecule has 0 bridgehead atoms. The monoisotopic (exact) mass is 337 g/mol. The van der Waals surface area contributed by atoms with Crippen LogP contribution in [0, 0.1) is 0 Å². The van der Waals surface area contributed by atoms with E-state index in [-0.39, 0.29) is 5.75 Å². The van der Waals surface area contributed by atoms with E-state index in [9.17, 15) is 4.79 Å². The molecule has 0 radical (unpaired) electrons. The largest absolute Gasteiger partial charge is 0.495 e. The van der Waals surface area contributed by atoms with Gasteiger partial charge in [0.15, 0.2) is 0 Å². The SMILES string of the molecule is COc1ccccc1Nc1nc(=O)c(OC)cn1Cc1ccccc1. The van der Waals surface area contributed by atoms with Gasteiger partial charge in [0.1, 0.15) is 5.75 Å². The quantitative estimate of drug-likeness (QED) is 0.749. The standard InChI is InChI=1S/C19H19N3O3/c1-24-16-11-7-6-10-15(16)20-19-21-18(23)17(25-2)13-22(19)12-14-8-4-3-5-9-14/h3-11,13H,12H2,1-2H3,(H,20,21,23). The van der Waals surface area contributed by atoms with Gasteiger partial charge in [0.05, 0.1) is 32.6 Å². The summed E-state index contributed by atoms with van der Waals surface area (Å²) in [4.78, 5) is 16.2. The number of nitrogens with zero attached hydrogens (tertiary/aromatic N) is 2. The molecule has 1 heterocycles. The molecule has 0 saturated carbocycles. The second-order valence-electron chi connectivity index (χ2n) is 5.38. The molecule has 0 aliphatic heterocycles. The average Bonchev–Trinajstić information content (AvgIpc) is 2.65. The summed E-state index contributed by atoms with van der Waals surface area (Å²) < 4.78 is 12.3. The maximum absolute atomic E-state index is 12.1. The molecule has 1 N–H and O–H groups in total. The Bertz CT molecular complexity index is 907. The molecule has 0 saturated heterocycles. The van der Waals surface area contributed by atoms with Gasteiger partial charge in [-0.3, -0.25) is 4.79 Å². The number of aromatic nitrogens is 2. The first-order chi connectivity index (χ1) is 12.2. The minimum absolute atomic E-state index is 0.196. The zero-order valence-electron chi connectivity index (χ0n) is 14.1. The van der Waals surface area contributed by atoms with Crippen LogP contribution in [0.5, 0.6) is 11.5 Å². The Kier molecular flexibility index (Phi) is 4.99. The van der Waals surface area contributed by atoms with Crippen molar-refractivity contribution < 1.29 is 9.47 Å². The summed E-state index contributed by atoms with van der Waals surface area (Å²) in [6.45, 7) is 0.544. The van der Waals surface area contributed by atoms with E-state index in [4.69, 9.17) is 9.47 Å². The lowest BCUT2D eigenvalue weighted by molar-refractivity contribution is 0.402. The van der Waals surface area contributed by atoms with E-state index in [1.54, 1.807) is 13.3 Å². The first-order valence-corrected chi connectivity index (χ1v) is 7.80. The van der Waals surface area contributed by atoms with Crippen LogP contribution in [0.25, 0.3) is 0 Å². The fourth-order valence-electron chi connectivity index (χ4n) is 2.48. The summed E-state index contributed by atoms with van der Waals surface area (Å²) in [5.41, 5.74) is 1.38. The molecule has 0 atom stereocenters. The van der Waals surface area contributed by atoms with Gasteiger partial charge in [0.25, 0.3) is 0 Å². The van der Waals surface area contributed by atoms with Gasteiger partial charge in [-0.1, -0.05) is 42.5 Å². The van der Waals surface area contributed by atoms with Crippen molar-refractivity contribution >= 4 is 11.6 Å². The number of rotatable bonds is 6. The zero-order valence-corrected chi connectivity index (χ0v) is 14.1. The maximum Gasteiger partial charge on any atom is 0.316 e. The van der Waals surface area contributed by atoms with Crippen molar-refractivity contribution in [2.75, 3.05) is 19.5 Å². The Morgan fingerprint density at radius 3 is 2.36 bits per heavy atom. The Morgan fingerprint density at radius 2 is 1.64 bits per heavy atom. The molecule has 0 fully saturated rings. The van der Waals surface area contributed by atoms with Gasteiger partial charge in [-0.15, -0.1) is 0 Å². The van der Waals surface area contributed by atoms with Crippen LogP contribution in [0.15, 0.2) is 65.6 Å². The smallest absolute Gasteiger partial charge is 0.316 e. The van der Waals surface area contributed by atoms with E-state index >= 15 is 0 Å². The summed E-state index contributed by atoms with van der Waals surface area (Å²) in [6.07, 6.45) is 1.65. The molecule has 0 unspecified atom stereocenters. The highest BCUT2D eigenvalue weighted by Gasteiger charge is 2.11. The molecule has 6 heteroatoms. The fourth-order valence-corrected chi connectivity index (χ4v) is 2.48. The number of methoxy groups -OCH3 is 2. The van der Waals surface area contributed by atoms with Crippen LogP contribution in [0.4, 0.5) is 11.6 Å². The molecule has 0 aliphatic rings. The van der Waals surface area contributed by atoms with Crippen LogP contribution >= 0.6 is 0 Å². The number of hydrogen-bond donors (Lipinski definition) is 1. The average molecular weight is 337 g/mol. The second kappa shape index (κ2) is 7.53. The van der Waals surface area contributed by atoms with Crippen LogP contribution < -0.4 is 20.3 Å². The van der Waals surface area contributed by atoms with E-state index in [1.807, 2.05) is 59.2 Å². The molecule has 0 amide bonds.